The maximum Gasteiger partial charge on any atom is 0.161 e. The largest absolute Gasteiger partial charge is 0.335 e. The summed E-state index contributed by atoms with van der Waals surface area (Å²) in [7, 11) is 0. The van der Waals surface area contributed by atoms with Crippen molar-refractivity contribution in [3.63, 3.8) is 0 Å². The lowest BCUT2D eigenvalue weighted by Gasteiger charge is -2.23. The van der Waals surface area contributed by atoms with E-state index >= 15 is 0 Å². The van der Waals surface area contributed by atoms with Gasteiger partial charge in [0.1, 0.15) is 0 Å². The molecule has 1 aromatic carbocycles. The molecule has 0 aromatic heterocycles. The lowest BCUT2D eigenvalue weighted by atomic mass is 10.0. The van der Waals surface area contributed by atoms with Crippen LogP contribution in [0.4, 0.5) is 5.69 Å². The summed E-state index contributed by atoms with van der Waals surface area (Å²) in [5, 5.41) is 4.53. The Labute approximate surface area is 114 Å². The van der Waals surface area contributed by atoms with Crippen LogP contribution in [0.15, 0.2) is 23.2 Å². The predicted molar refractivity (Wildman–Crippen MR) is 82.7 cm³/mol. The van der Waals surface area contributed by atoms with Gasteiger partial charge in [-0.05, 0) is 49.4 Å². The molecule has 2 nitrogen and oxygen atoms in total. The summed E-state index contributed by atoms with van der Waals surface area (Å²) in [6.07, 6.45) is 1.19. The molecule has 3 heteroatoms. The van der Waals surface area contributed by atoms with E-state index in [1.165, 1.54) is 23.3 Å². The fourth-order valence-corrected chi connectivity index (χ4v) is 3.20. The molecule has 18 heavy (non-hydrogen) atoms. The minimum atomic E-state index is 0.472. The van der Waals surface area contributed by atoms with Gasteiger partial charge in [-0.15, -0.1) is 0 Å². The molecule has 0 aliphatic carbocycles. The molecule has 2 rings (SSSR count). The number of aryl methyl sites for hydroxylation is 2. The van der Waals surface area contributed by atoms with Crippen LogP contribution in [-0.4, -0.2) is 17.0 Å². The Morgan fingerprint density at radius 2 is 1.89 bits per heavy atom. The van der Waals surface area contributed by atoms with E-state index < -0.39 is 0 Å². The Morgan fingerprint density at radius 1 is 1.22 bits per heavy atom. The molecule has 0 amide bonds. The van der Waals surface area contributed by atoms with Crippen LogP contribution in [0.1, 0.15) is 31.4 Å². The monoisotopic (exact) mass is 262 g/mol. The Balaban J connectivity index is 2.13. The highest BCUT2D eigenvalue weighted by atomic mass is 32.2. The predicted octanol–water partition coefficient (Wildman–Crippen LogP) is 4.23. The third-order valence-corrected chi connectivity index (χ3v) is 4.10. The fraction of sp³-hybridized carbons (Fsp3) is 0.533. The molecule has 0 bridgehead atoms. The molecule has 1 aromatic rings. The normalized spacial score (nSPS) is 19.8. The third-order valence-electron chi connectivity index (χ3n) is 3.18. The van der Waals surface area contributed by atoms with Gasteiger partial charge in [-0.25, -0.2) is 0 Å². The van der Waals surface area contributed by atoms with E-state index in [1.54, 1.807) is 0 Å². The van der Waals surface area contributed by atoms with Gasteiger partial charge in [0.25, 0.3) is 0 Å². The highest BCUT2D eigenvalue weighted by Gasteiger charge is 2.18. The SMILES string of the molecule is Cc1cc(C)cc(NC2=NC(C(C)C)CCS2)c1. The highest BCUT2D eigenvalue weighted by Crippen LogP contribution is 2.24. The number of benzene rings is 1. The van der Waals surface area contributed by atoms with Crippen molar-refractivity contribution in [2.75, 3.05) is 11.1 Å². The second-order valence-corrected chi connectivity index (χ2v) is 6.47. The minimum Gasteiger partial charge on any atom is -0.335 e. The van der Waals surface area contributed by atoms with Gasteiger partial charge in [0.15, 0.2) is 5.17 Å². The van der Waals surface area contributed by atoms with E-state index in [9.17, 15) is 0 Å². The number of nitrogens with one attached hydrogen (secondary N) is 1. The third kappa shape index (κ3) is 3.52. The van der Waals surface area contributed by atoms with Crippen LogP contribution in [0.5, 0.6) is 0 Å². The smallest absolute Gasteiger partial charge is 0.161 e. The lowest BCUT2D eigenvalue weighted by Crippen LogP contribution is -2.23. The zero-order valence-corrected chi connectivity index (χ0v) is 12.5. The van der Waals surface area contributed by atoms with Crippen LogP contribution in [-0.2, 0) is 0 Å². The van der Waals surface area contributed by atoms with Crippen molar-refractivity contribution in [2.45, 2.75) is 40.2 Å². The molecule has 0 radical (unpaired) electrons. The number of nitrogens with zero attached hydrogens (tertiary/aromatic N) is 1. The molecule has 0 spiro atoms. The molecule has 1 atom stereocenters. The quantitative estimate of drug-likeness (QED) is 0.862. The van der Waals surface area contributed by atoms with Gasteiger partial charge in [0, 0.05) is 11.4 Å². The number of hydrogen-bond acceptors (Lipinski definition) is 3. The second-order valence-electron chi connectivity index (χ2n) is 5.38. The van der Waals surface area contributed by atoms with Crippen molar-refractivity contribution in [1.82, 2.24) is 0 Å². The van der Waals surface area contributed by atoms with Gasteiger partial charge >= 0.3 is 0 Å². The molecule has 1 unspecified atom stereocenters. The van der Waals surface area contributed by atoms with Crippen LogP contribution < -0.4 is 5.32 Å². The van der Waals surface area contributed by atoms with Gasteiger partial charge in [-0.2, -0.15) is 0 Å². The number of thioether (sulfide) groups is 1. The summed E-state index contributed by atoms with van der Waals surface area (Å²) in [6, 6.07) is 7.02. The Kier molecular flexibility index (Phi) is 4.33. The zero-order chi connectivity index (χ0) is 13.1. The second kappa shape index (κ2) is 5.79. The molecule has 0 saturated heterocycles. The van der Waals surface area contributed by atoms with Crippen LogP contribution in [0.25, 0.3) is 0 Å². The van der Waals surface area contributed by atoms with Crippen LogP contribution in [0.2, 0.25) is 0 Å². The van der Waals surface area contributed by atoms with Crippen molar-refractivity contribution in [3.8, 4) is 0 Å². The summed E-state index contributed by atoms with van der Waals surface area (Å²) in [4.78, 5) is 4.80. The average molecular weight is 262 g/mol. The van der Waals surface area contributed by atoms with E-state index in [1.807, 2.05) is 11.8 Å². The van der Waals surface area contributed by atoms with Crippen LogP contribution in [0, 0.1) is 19.8 Å². The van der Waals surface area contributed by atoms with E-state index in [-0.39, 0.29) is 0 Å². The summed E-state index contributed by atoms with van der Waals surface area (Å²) < 4.78 is 0. The molecule has 1 heterocycles. The number of hydrogen-bond donors (Lipinski definition) is 1. The zero-order valence-electron chi connectivity index (χ0n) is 11.7. The fourth-order valence-electron chi connectivity index (χ4n) is 2.25. The molecule has 98 valence electrons. The van der Waals surface area contributed by atoms with E-state index in [4.69, 9.17) is 4.99 Å². The maximum atomic E-state index is 4.80. The molecule has 1 aliphatic rings. The molecular formula is C15H22N2S. The van der Waals surface area contributed by atoms with Gasteiger partial charge in [-0.3, -0.25) is 4.99 Å². The van der Waals surface area contributed by atoms with Gasteiger partial charge in [-0.1, -0.05) is 31.7 Å². The van der Waals surface area contributed by atoms with Gasteiger partial charge in [0.05, 0.1) is 6.04 Å². The molecule has 1 aliphatic heterocycles. The van der Waals surface area contributed by atoms with Crippen molar-refractivity contribution < 1.29 is 0 Å². The molecule has 0 fully saturated rings. The molecule has 0 saturated carbocycles. The van der Waals surface area contributed by atoms with Crippen LogP contribution >= 0.6 is 11.8 Å². The first-order valence-electron chi connectivity index (χ1n) is 6.60. The molecule has 1 N–H and O–H groups in total. The van der Waals surface area contributed by atoms with Crippen LogP contribution in [0.3, 0.4) is 0 Å². The van der Waals surface area contributed by atoms with E-state index in [2.05, 4.69) is 51.2 Å². The van der Waals surface area contributed by atoms with Crippen molar-refractivity contribution in [3.05, 3.63) is 29.3 Å². The Bertz CT molecular complexity index is 432. The summed E-state index contributed by atoms with van der Waals surface area (Å²) in [6.45, 7) is 8.76. The van der Waals surface area contributed by atoms with Crippen molar-refractivity contribution >= 4 is 22.6 Å². The Hall–Kier alpha value is -0.960. The Morgan fingerprint density at radius 3 is 2.50 bits per heavy atom. The maximum absolute atomic E-state index is 4.80. The van der Waals surface area contributed by atoms with Crippen molar-refractivity contribution in [1.29, 1.82) is 0 Å². The summed E-state index contributed by atoms with van der Waals surface area (Å²) in [5.41, 5.74) is 3.74. The van der Waals surface area contributed by atoms with E-state index in [0.717, 1.165) is 10.9 Å². The first kappa shape index (κ1) is 13.5. The first-order valence-corrected chi connectivity index (χ1v) is 7.59. The number of amidine groups is 1. The topological polar surface area (TPSA) is 24.4 Å². The number of rotatable bonds is 2. The minimum absolute atomic E-state index is 0.472. The lowest BCUT2D eigenvalue weighted by molar-refractivity contribution is 0.485. The summed E-state index contributed by atoms with van der Waals surface area (Å²) >= 11 is 1.83. The first-order chi connectivity index (χ1) is 8.54. The standard InChI is InChI=1S/C15H22N2S/c1-10(2)14-5-6-18-15(17-14)16-13-8-11(3)7-12(4)9-13/h7-10,14H,5-6H2,1-4H3,(H,16,17). The summed E-state index contributed by atoms with van der Waals surface area (Å²) in [5.74, 6) is 1.79. The highest BCUT2D eigenvalue weighted by molar-refractivity contribution is 8.14. The number of aliphatic imine (C=N–C) groups is 1. The van der Waals surface area contributed by atoms with Gasteiger partial charge in [0.2, 0.25) is 0 Å². The van der Waals surface area contributed by atoms with Gasteiger partial charge < -0.3 is 5.32 Å². The van der Waals surface area contributed by atoms with Crippen molar-refractivity contribution in [2.24, 2.45) is 10.9 Å². The number of anilines is 1. The molecular weight excluding hydrogens is 240 g/mol. The van der Waals surface area contributed by atoms with E-state index in [0.29, 0.717) is 12.0 Å². The average Bonchev–Trinajstić information content (AvgIpc) is 2.27.